The van der Waals surface area contributed by atoms with Gasteiger partial charge in [-0.25, -0.2) is 5.43 Å². The number of carbonyl (C=O) groups is 1. The first-order chi connectivity index (χ1) is 12.4. The van der Waals surface area contributed by atoms with E-state index in [1.165, 1.54) is 31.4 Å². The Morgan fingerprint density at radius 3 is 2.73 bits per heavy atom. The topological polar surface area (TPSA) is 123 Å². The van der Waals surface area contributed by atoms with Gasteiger partial charge in [0.1, 0.15) is 11.5 Å². The lowest BCUT2D eigenvalue weighted by Gasteiger charge is -2.08. The number of nitro benzene ring substituents is 1. The minimum atomic E-state index is -0.607. The number of nitrogens with zero attached hydrogens (tertiary/aromatic N) is 2. The fourth-order valence-corrected chi connectivity index (χ4v) is 2.04. The van der Waals surface area contributed by atoms with Gasteiger partial charge in [0, 0.05) is 11.6 Å². The Morgan fingerprint density at radius 1 is 1.31 bits per heavy atom. The highest BCUT2D eigenvalue weighted by Crippen LogP contribution is 2.25. The summed E-state index contributed by atoms with van der Waals surface area (Å²) in [5.41, 5.74) is 2.77. The molecule has 0 radical (unpaired) electrons. The molecule has 0 aromatic heterocycles. The second-order valence-electron chi connectivity index (χ2n) is 5.13. The molecule has 2 aromatic rings. The van der Waals surface area contributed by atoms with Crippen molar-refractivity contribution in [3.63, 3.8) is 0 Å². The first-order valence-corrected chi connectivity index (χ1v) is 7.49. The number of phenolic OH excluding ortho intramolecular Hbond substituents is 1. The van der Waals surface area contributed by atoms with Gasteiger partial charge in [0.05, 0.1) is 17.7 Å². The maximum Gasteiger partial charge on any atom is 0.310 e. The molecule has 0 aliphatic heterocycles. The van der Waals surface area contributed by atoms with Crippen LogP contribution in [0.3, 0.4) is 0 Å². The van der Waals surface area contributed by atoms with Crippen LogP contribution in [0.4, 0.5) is 5.69 Å². The van der Waals surface area contributed by atoms with Gasteiger partial charge in [-0.15, -0.1) is 0 Å². The van der Waals surface area contributed by atoms with Crippen LogP contribution in [-0.2, 0) is 4.79 Å². The number of benzene rings is 2. The second-order valence-corrected chi connectivity index (χ2v) is 5.13. The van der Waals surface area contributed by atoms with Crippen molar-refractivity contribution in [1.29, 1.82) is 0 Å². The normalized spacial score (nSPS) is 10.9. The van der Waals surface area contributed by atoms with Crippen LogP contribution in [0.25, 0.3) is 0 Å². The Morgan fingerprint density at radius 2 is 2.04 bits per heavy atom. The number of phenols is 1. The van der Waals surface area contributed by atoms with Gasteiger partial charge in [-0.3, -0.25) is 14.9 Å². The van der Waals surface area contributed by atoms with Crippen molar-refractivity contribution in [2.45, 2.75) is 6.92 Å². The van der Waals surface area contributed by atoms with Crippen molar-refractivity contribution in [3.05, 3.63) is 58.1 Å². The van der Waals surface area contributed by atoms with E-state index in [1.54, 1.807) is 25.1 Å². The van der Waals surface area contributed by atoms with Gasteiger partial charge >= 0.3 is 5.69 Å². The van der Waals surface area contributed by atoms with E-state index in [4.69, 9.17) is 9.47 Å². The number of nitrogens with one attached hydrogen (secondary N) is 1. The number of carbonyl (C=O) groups excluding carboxylic acids is 1. The molecule has 0 saturated heterocycles. The van der Waals surface area contributed by atoms with E-state index in [0.29, 0.717) is 17.0 Å². The standard InChI is InChI=1S/C17H17N3O6/c1-11(13-9-12(25-2)7-8-15(13)21)18-19-17(22)10-26-16-6-4-3-5-14(16)20(23)24/h3-9,21H,10H2,1-2H3,(H,19,22)/b18-11+. The van der Waals surface area contributed by atoms with Crippen LogP contribution in [0.1, 0.15) is 12.5 Å². The molecule has 0 spiro atoms. The lowest BCUT2D eigenvalue weighted by Crippen LogP contribution is -2.25. The number of aromatic hydroxyl groups is 1. The molecule has 0 aliphatic carbocycles. The molecule has 0 saturated carbocycles. The zero-order valence-corrected chi connectivity index (χ0v) is 14.1. The Kier molecular flexibility index (Phi) is 6.10. The number of nitro groups is 1. The Balaban J connectivity index is 2.00. The van der Waals surface area contributed by atoms with Gasteiger partial charge in [0.2, 0.25) is 0 Å². The molecule has 2 rings (SSSR count). The Labute approximate surface area is 149 Å². The Hall–Kier alpha value is -3.62. The minimum Gasteiger partial charge on any atom is -0.507 e. The maximum absolute atomic E-state index is 11.8. The molecular weight excluding hydrogens is 342 g/mol. The zero-order chi connectivity index (χ0) is 19.1. The van der Waals surface area contributed by atoms with Crippen LogP contribution in [0.15, 0.2) is 47.6 Å². The summed E-state index contributed by atoms with van der Waals surface area (Å²) < 4.78 is 10.2. The smallest absolute Gasteiger partial charge is 0.310 e. The molecule has 0 heterocycles. The number of hydrazone groups is 1. The van der Waals surface area contributed by atoms with Gasteiger partial charge in [0.15, 0.2) is 12.4 Å². The van der Waals surface area contributed by atoms with E-state index in [9.17, 15) is 20.0 Å². The van der Waals surface area contributed by atoms with E-state index in [1.807, 2.05) is 0 Å². The number of rotatable bonds is 7. The summed E-state index contributed by atoms with van der Waals surface area (Å²) in [5, 5.41) is 24.6. The van der Waals surface area contributed by atoms with E-state index >= 15 is 0 Å². The SMILES string of the molecule is COc1ccc(O)c(/C(C)=N/NC(=O)COc2ccccc2[N+](=O)[O-])c1. The molecule has 0 aliphatic rings. The minimum absolute atomic E-state index is 0.0150. The van der Waals surface area contributed by atoms with E-state index < -0.39 is 17.4 Å². The van der Waals surface area contributed by atoms with Crippen LogP contribution < -0.4 is 14.9 Å². The number of methoxy groups -OCH3 is 1. The third-order valence-electron chi connectivity index (χ3n) is 3.36. The Bertz CT molecular complexity index is 850. The molecule has 0 fully saturated rings. The van der Waals surface area contributed by atoms with Gasteiger partial charge < -0.3 is 14.6 Å². The molecule has 2 N–H and O–H groups in total. The summed E-state index contributed by atoms with van der Waals surface area (Å²) in [7, 11) is 1.49. The summed E-state index contributed by atoms with van der Waals surface area (Å²) in [5.74, 6) is -0.112. The summed E-state index contributed by atoms with van der Waals surface area (Å²) in [6.07, 6.45) is 0. The summed E-state index contributed by atoms with van der Waals surface area (Å²) in [6.45, 7) is 1.14. The van der Waals surface area contributed by atoms with Gasteiger partial charge in [-0.05, 0) is 31.2 Å². The first-order valence-electron chi connectivity index (χ1n) is 7.49. The summed E-state index contributed by atoms with van der Waals surface area (Å²) >= 11 is 0. The first kappa shape index (κ1) is 18.7. The van der Waals surface area contributed by atoms with Gasteiger partial charge in [0.25, 0.3) is 5.91 Å². The second kappa shape index (κ2) is 8.47. The third-order valence-corrected chi connectivity index (χ3v) is 3.36. The van der Waals surface area contributed by atoms with Crippen molar-refractivity contribution in [3.8, 4) is 17.2 Å². The predicted octanol–water partition coefficient (Wildman–Crippen LogP) is 2.23. The molecule has 9 heteroatoms. The van der Waals surface area contributed by atoms with E-state index in [2.05, 4.69) is 10.5 Å². The molecule has 1 amide bonds. The lowest BCUT2D eigenvalue weighted by atomic mass is 10.1. The fourth-order valence-electron chi connectivity index (χ4n) is 2.04. The highest BCUT2D eigenvalue weighted by molar-refractivity contribution is 6.01. The summed E-state index contributed by atoms with van der Waals surface area (Å²) in [6, 6.07) is 10.4. The fraction of sp³-hybridized carbons (Fsp3) is 0.176. The van der Waals surface area contributed by atoms with Crippen molar-refractivity contribution in [2.75, 3.05) is 13.7 Å². The maximum atomic E-state index is 11.8. The van der Waals surface area contributed by atoms with Crippen LogP contribution >= 0.6 is 0 Å². The van der Waals surface area contributed by atoms with Gasteiger partial charge in [-0.1, -0.05) is 12.1 Å². The quantitative estimate of drug-likeness (QED) is 0.444. The van der Waals surface area contributed by atoms with Crippen LogP contribution in [0, 0.1) is 10.1 Å². The van der Waals surface area contributed by atoms with Crippen molar-refractivity contribution in [1.82, 2.24) is 5.43 Å². The highest BCUT2D eigenvalue weighted by Gasteiger charge is 2.15. The van der Waals surface area contributed by atoms with E-state index in [0.717, 1.165) is 0 Å². The molecular formula is C17H17N3O6. The van der Waals surface area contributed by atoms with Crippen LogP contribution in [-0.4, -0.2) is 35.4 Å². The number of ether oxygens (including phenoxy) is 2. The molecule has 0 atom stereocenters. The number of para-hydroxylation sites is 2. The zero-order valence-electron chi connectivity index (χ0n) is 14.1. The van der Waals surface area contributed by atoms with Crippen LogP contribution in [0.5, 0.6) is 17.2 Å². The van der Waals surface area contributed by atoms with Crippen molar-refractivity contribution >= 4 is 17.3 Å². The molecule has 9 nitrogen and oxygen atoms in total. The molecule has 2 aromatic carbocycles. The number of amides is 1. The van der Waals surface area contributed by atoms with Crippen LogP contribution in [0.2, 0.25) is 0 Å². The van der Waals surface area contributed by atoms with E-state index in [-0.39, 0.29) is 17.2 Å². The van der Waals surface area contributed by atoms with Crippen molar-refractivity contribution in [2.24, 2.45) is 5.10 Å². The average molecular weight is 359 g/mol. The molecule has 26 heavy (non-hydrogen) atoms. The molecule has 136 valence electrons. The van der Waals surface area contributed by atoms with Gasteiger partial charge in [-0.2, -0.15) is 5.10 Å². The largest absolute Gasteiger partial charge is 0.507 e. The highest BCUT2D eigenvalue weighted by atomic mass is 16.6. The van der Waals surface area contributed by atoms with Crippen molar-refractivity contribution < 1.29 is 24.3 Å². The third kappa shape index (κ3) is 4.69. The monoisotopic (exact) mass is 359 g/mol. The number of hydrogen-bond acceptors (Lipinski definition) is 7. The molecule has 0 bridgehead atoms. The predicted molar refractivity (Wildman–Crippen MR) is 93.6 cm³/mol. The number of hydrogen-bond donors (Lipinski definition) is 2. The summed E-state index contributed by atoms with van der Waals surface area (Å²) in [4.78, 5) is 22.1. The lowest BCUT2D eigenvalue weighted by molar-refractivity contribution is -0.385. The molecule has 0 unspecified atom stereocenters. The average Bonchev–Trinajstić information content (AvgIpc) is 2.65.